The van der Waals surface area contributed by atoms with Crippen LogP contribution in [0.4, 0.5) is 0 Å². The number of fused-ring (bicyclic) bond motifs is 1. The van der Waals surface area contributed by atoms with Crippen LogP contribution in [-0.2, 0) is 0 Å². The third kappa shape index (κ3) is 1.93. The fraction of sp³-hybridized carbons (Fsp3) is 0. The van der Waals surface area contributed by atoms with Gasteiger partial charge in [0.25, 0.3) is 0 Å². The molecule has 0 saturated carbocycles. The standard InChI is InChI=1S/C12H6BrNO3S/c13-10-4-3-9(18-10)11-14-7-5-6(12(15)16)1-2-8(7)17-11/h1-5H,(H,15,16). The van der Waals surface area contributed by atoms with Gasteiger partial charge in [0.2, 0.25) is 5.89 Å². The maximum absolute atomic E-state index is 10.9. The molecular formula is C12H6BrNO3S. The Bertz CT molecular complexity index is 747. The Morgan fingerprint density at radius 1 is 1.33 bits per heavy atom. The van der Waals surface area contributed by atoms with E-state index >= 15 is 0 Å². The molecule has 2 heterocycles. The summed E-state index contributed by atoms with van der Waals surface area (Å²) in [6.07, 6.45) is 0. The molecule has 0 atom stereocenters. The second-order valence-electron chi connectivity index (χ2n) is 3.61. The van der Waals surface area contributed by atoms with Gasteiger partial charge < -0.3 is 9.52 Å². The Balaban J connectivity index is 2.13. The van der Waals surface area contributed by atoms with Crippen molar-refractivity contribution < 1.29 is 14.3 Å². The summed E-state index contributed by atoms with van der Waals surface area (Å²) in [7, 11) is 0. The van der Waals surface area contributed by atoms with Gasteiger partial charge >= 0.3 is 5.97 Å². The minimum Gasteiger partial charge on any atom is -0.478 e. The van der Waals surface area contributed by atoms with E-state index in [0.29, 0.717) is 17.0 Å². The number of rotatable bonds is 2. The van der Waals surface area contributed by atoms with E-state index in [-0.39, 0.29) is 5.56 Å². The van der Waals surface area contributed by atoms with Gasteiger partial charge in [-0.15, -0.1) is 11.3 Å². The molecule has 6 heteroatoms. The molecule has 0 aliphatic heterocycles. The first-order chi connectivity index (χ1) is 8.63. The van der Waals surface area contributed by atoms with Crippen LogP contribution in [0.15, 0.2) is 38.5 Å². The molecule has 1 N–H and O–H groups in total. The minimum absolute atomic E-state index is 0.203. The number of benzene rings is 1. The molecule has 90 valence electrons. The number of thiophene rings is 1. The van der Waals surface area contributed by atoms with Gasteiger partial charge in [-0.3, -0.25) is 0 Å². The average Bonchev–Trinajstić information content (AvgIpc) is 2.93. The highest BCUT2D eigenvalue weighted by atomic mass is 79.9. The predicted molar refractivity (Wildman–Crippen MR) is 72.0 cm³/mol. The van der Waals surface area contributed by atoms with Crippen molar-refractivity contribution in [2.45, 2.75) is 0 Å². The van der Waals surface area contributed by atoms with Crippen molar-refractivity contribution >= 4 is 44.3 Å². The molecule has 0 aliphatic rings. The van der Waals surface area contributed by atoms with Crippen LogP contribution in [0.5, 0.6) is 0 Å². The van der Waals surface area contributed by atoms with Crippen LogP contribution in [-0.4, -0.2) is 16.1 Å². The van der Waals surface area contributed by atoms with Crippen molar-refractivity contribution in [2.75, 3.05) is 0 Å². The second kappa shape index (κ2) is 4.22. The molecule has 0 spiro atoms. The fourth-order valence-electron chi connectivity index (χ4n) is 1.60. The lowest BCUT2D eigenvalue weighted by Crippen LogP contribution is -1.94. The lowest BCUT2D eigenvalue weighted by Gasteiger charge is -1.91. The van der Waals surface area contributed by atoms with Gasteiger partial charge in [-0.2, -0.15) is 0 Å². The molecule has 0 aliphatic carbocycles. The van der Waals surface area contributed by atoms with Gasteiger partial charge in [0.15, 0.2) is 5.58 Å². The molecule has 0 unspecified atom stereocenters. The molecule has 1 aromatic carbocycles. The molecule has 0 amide bonds. The van der Waals surface area contributed by atoms with Gasteiger partial charge in [-0.05, 0) is 46.3 Å². The van der Waals surface area contributed by atoms with Gasteiger partial charge in [0, 0.05) is 0 Å². The van der Waals surface area contributed by atoms with Crippen molar-refractivity contribution in [1.82, 2.24) is 4.98 Å². The number of hydrogen-bond acceptors (Lipinski definition) is 4. The van der Waals surface area contributed by atoms with Crippen LogP contribution in [0.25, 0.3) is 21.9 Å². The highest BCUT2D eigenvalue weighted by Crippen LogP contribution is 2.32. The van der Waals surface area contributed by atoms with Crippen molar-refractivity contribution in [1.29, 1.82) is 0 Å². The third-order valence-corrected chi connectivity index (χ3v) is 4.03. The number of aromatic carboxylic acids is 1. The van der Waals surface area contributed by atoms with Crippen LogP contribution in [0.1, 0.15) is 10.4 Å². The fourth-order valence-corrected chi connectivity index (χ4v) is 2.91. The highest BCUT2D eigenvalue weighted by molar-refractivity contribution is 9.11. The van der Waals surface area contributed by atoms with Crippen LogP contribution >= 0.6 is 27.3 Å². The van der Waals surface area contributed by atoms with E-state index in [9.17, 15) is 4.79 Å². The van der Waals surface area contributed by atoms with E-state index in [2.05, 4.69) is 20.9 Å². The van der Waals surface area contributed by atoms with E-state index in [1.165, 1.54) is 23.5 Å². The Morgan fingerprint density at radius 2 is 2.17 bits per heavy atom. The Hall–Kier alpha value is -1.66. The van der Waals surface area contributed by atoms with Crippen LogP contribution < -0.4 is 0 Å². The monoisotopic (exact) mass is 323 g/mol. The molecule has 3 aromatic rings. The van der Waals surface area contributed by atoms with Crippen LogP contribution in [0.2, 0.25) is 0 Å². The first-order valence-electron chi connectivity index (χ1n) is 5.03. The second-order valence-corrected chi connectivity index (χ2v) is 6.07. The number of nitrogens with zero attached hydrogens (tertiary/aromatic N) is 1. The molecule has 0 bridgehead atoms. The maximum atomic E-state index is 10.9. The van der Waals surface area contributed by atoms with Gasteiger partial charge in [-0.25, -0.2) is 9.78 Å². The van der Waals surface area contributed by atoms with E-state index in [0.717, 1.165) is 8.66 Å². The molecular weight excluding hydrogens is 318 g/mol. The first kappa shape index (κ1) is 11.4. The summed E-state index contributed by atoms with van der Waals surface area (Å²) in [5.41, 5.74) is 1.34. The number of carboxylic acids is 1. The quantitative estimate of drug-likeness (QED) is 0.773. The lowest BCUT2D eigenvalue weighted by atomic mass is 10.2. The zero-order valence-corrected chi connectivity index (χ0v) is 11.3. The number of hydrogen-bond donors (Lipinski definition) is 1. The Kier molecular flexibility index (Phi) is 2.68. The zero-order chi connectivity index (χ0) is 12.7. The van der Waals surface area contributed by atoms with Crippen LogP contribution in [0.3, 0.4) is 0 Å². The lowest BCUT2D eigenvalue weighted by molar-refractivity contribution is 0.0697. The number of oxazole rings is 1. The Morgan fingerprint density at radius 3 is 2.83 bits per heavy atom. The predicted octanol–water partition coefficient (Wildman–Crippen LogP) is 4.02. The smallest absolute Gasteiger partial charge is 0.335 e. The zero-order valence-electron chi connectivity index (χ0n) is 8.88. The number of aromatic nitrogens is 1. The molecule has 4 nitrogen and oxygen atoms in total. The largest absolute Gasteiger partial charge is 0.478 e. The van der Waals surface area contributed by atoms with Crippen molar-refractivity contribution in [3.63, 3.8) is 0 Å². The summed E-state index contributed by atoms with van der Waals surface area (Å²) >= 11 is 4.89. The summed E-state index contributed by atoms with van der Waals surface area (Å²) in [6.45, 7) is 0. The van der Waals surface area contributed by atoms with Crippen molar-refractivity contribution in [3.8, 4) is 10.8 Å². The molecule has 0 saturated heterocycles. The SMILES string of the molecule is O=C(O)c1ccc2oc(-c3ccc(Br)s3)nc2c1. The van der Waals surface area contributed by atoms with Gasteiger partial charge in [0.1, 0.15) is 5.52 Å². The van der Waals surface area contributed by atoms with E-state index in [1.807, 2.05) is 12.1 Å². The Labute approximate surface area is 114 Å². The molecule has 2 aromatic heterocycles. The molecule has 0 radical (unpaired) electrons. The average molecular weight is 324 g/mol. The van der Waals surface area contributed by atoms with Crippen LogP contribution in [0, 0.1) is 0 Å². The first-order valence-corrected chi connectivity index (χ1v) is 6.64. The number of carboxylic acid groups (broad SMARTS) is 1. The van der Waals surface area contributed by atoms with Gasteiger partial charge in [-0.1, -0.05) is 0 Å². The van der Waals surface area contributed by atoms with E-state index < -0.39 is 5.97 Å². The summed E-state index contributed by atoms with van der Waals surface area (Å²) in [4.78, 5) is 16.1. The highest BCUT2D eigenvalue weighted by Gasteiger charge is 2.12. The topological polar surface area (TPSA) is 63.3 Å². The molecule has 0 fully saturated rings. The number of carbonyl (C=O) groups is 1. The van der Waals surface area contributed by atoms with E-state index in [1.54, 1.807) is 6.07 Å². The van der Waals surface area contributed by atoms with E-state index in [4.69, 9.17) is 9.52 Å². The van der Waals surface area contributed by atoms with Crippen molar-refractivity contribution in [2.24, 2.45) is 0 Å². The van der Waals surface area contributed by atoms with Gasteiger partial charge in [0.05, 0.1) is 14.2 Å². The number of halogens is 1. The third-order valence-electron chi connectivity index (χ3n) is 2.42. The molecule has 18 heavy (non-hydrogen) atoms. The minimum atomic E-state index is -0.972. The summed E-state index contributed by atoms with van der Waals surface area (Å²) in [5.74, 6) is -0.469. The van der Waals surface area contributed by atoms with Crippen molar-refractivity contribution in [3.05, 3.63) is 39.7 Å². The summed E-state index contributed by atoms with van der Waals surface area (Å²) in [5, 5.41) is 8.91. The maximum Gasteiger partial charge on any atom is 0.335 e. The summed E-state index contributed by atoms with van der Waals surface area (Å²) in [6, 6.07) is 8.45. The normalized spacial score (nSPS) is 10.9. The summed E-state index contributed by atoms with van der Waals surface area (Å²) < 4.78 is 6.58. The molecule has 3 rings (SSSR count).